The van der Waals surface area contributed by atoms with Crippen LogP contribution in [0.1, 0.15) is 38.2 Å². The Bertz CT molecular complexity index is 438. The smallest absolute Gasteiger partial charge is 0.159 e. The highest BCUT2D eigenvalue weighted by molar-refractivity contribution is 6.18. The second-order valence-electron chi connectivity index (χ2n) is 5.72. The van der Waals surface area contributed by atoms with E-state index in [0.717, 1.165) is 18.4 Å². The molecule has 1 aliphatic rings. The van der Waals surface area contributed by atoms with E-state index in [0.29, 0.717) is 18.3 Å². The lowest BCUT2D eigenvalue weighted by Gasteiger charge is -2.39. The number of alkyl halides is 1. The van der Waals surface area contributed by atoms with Gasteiger partial charge in [0.1, 0.15) is 0 Å². The summed E-state index contributed by atoms with van der Waals surface area (Å²) in [6.45, 7) is 2.76. The molecular formula is C15H20ClF2N. The number of hydrogen-bond donors (Lipinski definition) is 1. The zero-order chi connectivity index (χ0) is 13.9. The standard InChI is InChI=1S/C15H20ClF2N/c1-11-3-2-6-15(8-11,10-16)19-9-12-4-5-13(17)14(18)7-12/h4-5,7,11,19H,2-3,6,8-10H2,1H3. The molecule has 0 saturated heterocycles. The second kappa shape index (κ2) is 6.19. The Hall–Kier alpha value is -0.670. The van der Waals surface area contributed by atoms with E-state index in [1.807, 2.05) is 0 Å². The van der Waals surface area contributed by atoms with Crippen LogP contribution >= 0.6 is 11.6 Å². The van der Waals surface area contributed by atoms with Gasteiger partial charge >= 0.3 is 0 Å². The summed E-state index contributed by atoms with van der Waals surface area (Å²) in [5.41, 5.74) is 0.686. The zero-order valence-corrected chi connectivity index (χ0v) is 11.9. The maximum absolute atomic E-state index is 13.2. The first-order valence-electron chi connectivity index (χ1n) is 6.79. The molecule has 1 aromatic carbocycles. The van der Waals surface area contributed by atoms with Crippen LogP contribution in [-0.4, -0.2) is 11.4 Å². The fourth-order valence-electron chi connectivity index (χ4n) is 2.93. The van der Waals surface area contributed by atoms with Gasteiger partial charge in [-0.15, -0.1) is 11.6 Å². The Kier molecular flexibility index (Phi) is 4.80. The van der Waals surface area contributed by atoms with Crippen LogP contribution in [0.4, 0.5) is 8.78 Å². The van der Waals surface area contributed by atoms with E-state index in [1.54, 1.807) is 6.07 Å². The van der Waals surface area contributed by atoms with Gasteiger partial charge in [0, 0.05) is 18.0 Å². The molecule has 4 heteroatoms. The van der Waals surface area contributed by atoms with Crippen LogP contribution in [0.15, 0.2) is 18.2 Å². The van der Waals surface area contributed by atoms with Crippen LogP contribution in [0.5, 0.6) is 0 Å². The summed E-state index contributed by atoms with van der Waals surface area (Å²) in [4.78, 5) is 0. The fourth-order valence-corrected chi connectivity index (χ4v) is 3.27. The van der Waals surface area contributed by atoms with Gasteiger partial charge in [-0.25, -0.2) is 8.78 Å². The van der Waals surface area contributed by atoms with Crippen LogP contribution in [0.3, 0.4) is 0 Å². The molecule has 0 spiro atoms. The second-order valence-corrected chi connectivity index (χ2v) is 5.98. The van der Waals surface area contributed by atoms with Crippen molar-refractivity contribution >= 4 is 11.6 Å². The van der Waals surface area contributed by atoms with Gasteiger partial charge in [0.2, 0.25) is 0 Å². The van der Waals surface area contributed by atoms with Crippen molar-refractivity contribution in [3.8, 4) is 0 Å². The van der Waals surface area contributed by atoms with Crippen LogP contribution in [0, 0.1) is 17.6 Å². The quantitative estimate of drug-likeness (QED) is 0.817. The highest BCUT2D eigenvalue weighted by atomic mass is 35.5. The molecule has 0 heterocycles. The topological polar surface area (TPSA) is 12.0 Å². The first-order chi connectivity index (χ1) is 9.04. The average molecular weight is 288 g/mol. The van der Waals surface area contributed by atoms with Crippen molar-refractivity contribution in [3.05, 3.63) is 35.4 Å². The number of nitrogens with one attached hydrogen (secondary N) is 1. The molecule has 2 atom stereocenters. The third kappa shape index (κ3) is 3.67. The Labute approximate surface area is 118 Å². The fraction of sp³-hybridized carbons (Fsp3) is 0.600. The number of halogens is 3. The number of rotatable bonds is 4. The lowest BCUT2D eigenvalue weighted by atomic mass is 9.77. The van der Waals surface area contributed by atoms with Crippen LogP contribution in [0.25, 0.3) is 0 Å². The van der Waals surface area contributed by atoms with Crippen LogP contribution < -0.4 is 5.32 Å². The SMILES string of the molecule is CC1CCCC(CCl)(NCc2ccc(F)c(F)c2)C1. The lowest BCUT2D eigenvalue weighted by Crippen LogP contribution is -2.49. The Balaban J connectivity index is 2.01. The maximum Gasteiger partial charge on any atom is 0.159 e. The van der Waals surface area contributed by atoms with E-state index in [-0.39, 0.29) is 5.54 Å². The Morgan fingerprint density at radius 3 is 2.79 bits per heavy atom. The van der Waals surface area contributed by atoms with Crippen molar-refractivity contribution in [2.75, 3.05) is 5.88 Å². The molecule has 2 unspecified atom stereocenters. The van der Waals surface area contributed by atoms with E-state index >= 15 is 0 Å². The van der Waals surface area contributed by atoms with Gasteiger partial charge in [-0.05, 0) is 36.5 Å². The highest BCUT2D eigenvalue weighted by Crippen LogP contribution is 2.33. The minimum Gasteiger partial charge on any atom is -0.306 e. The number of benzene rings is 1. The summed E-state index contributed by atoms with van der Waals surface area (Å²) in [6.07, 6.45) is 4.49. The van der Waals surface area contributed by atoms with Gasteiger partial charge < -0.3 is 5.32 Å². The molecular weight excluding hydrogens is 268 g/mol. The molecule has 106 valence electrons. The van der Waals surface area contributed by atoms with Crippen molar-refractivity contribution < 1.29 is 8.78 Å². The van der Waals surface area contributed by atoms with Gasteiger partial charge in [-0.3, -0.25) is 0 Å². The predicted molar refractivity (Wildman–Crippen MR) is 74.3 cm³/mol. The molecule has 0 aliphatic heterocycles. The summed E-state index contributed by atoms with van der Waals surface area (Å²) in [6, 6.07) is 4.03. The monoisotopic (exact) mass is 287 g/mol. The van der Waals surface area contributed by atoms with E-state index in [9.17, 15) is 8.78 Å². The molecule has 0 amide bonds. The first-order valence-corrected chi connectivity index (χ1v) is 7.33. The molecule has 2 rings (SSSR count). The molecule has 0 bridgehead atoms. The van der Waals surface area contributed by atoms with E-state index in [4.69, 9.17) is 11.6 Å². The molecule has 1 N–H and O–H groups in total. The summed E-state index contributed by atoms with van der Waals surface area (Å²) in [7, 11) is 0. The van der Waals surface area contributed by atoms with Crippen molar-refractivity contribution in [1.29, 1.82) is 0 Å². The van der Waals surface area contributed by atoms with E-state index in [1.165, 1.54) is 25.0 Å². The predicted octanol–water partition coefficient (Wildman–Crippen LogP) is 4.24. The molecule has 1 fully saturated rings. The average Bonchev–Trinajstić information content (AvgIpc) is 2.40. The summed E-state index contributed by atoms with van der Waals surface area (Å²) < 4.78 is 26.0. The first kappa shape index (κ1) is 14.7. The molecule has 1 nitrogen and oxygen atoms in total. The van der Waals surface area contributed by atoms with E-state index in [2.05, 4.69) is 12.2 Å². The van der Waals surface area contributed by atoms with Gasteiger partial charge in [0.15, 0.2) is 11.6 Å². The molecule has 1 aromatic rings. The van der Waals surface area contributed by atoms with Crippen LogP contribution in [-0.2, 0) is 6.54 Å². The van der Waals surface area contributed by atoms with Crippen LogP contribution in [0.2, 0.25) is 0 Å². The van der Waals surface area contributed by atoms with Gasteiger partial charge in [-0.2, -0.15) is 0 Å². The third-order valence-corrected chi connectivity index (χ3v) is 4.51. The minimum absolute atomic E-state index is 0.0654. The summed E-state index contributed by atoms with van der Waals surface area (Å²) >= 11 is 6.13. The normalized spacial score (nSPS) is 27.5. The Morgan fingerprint density at radius 1 is 1.37 bits per heavy atom. The minimum atomic E-state index is -0.804. The van der Waals surface area contributed by atoms with Gasteiger partial charge in [-0.1, -0.05) is 25.8 Å². The molecule has 1 aliphatic carbocycles. The Morgan fingerprint density at radius 2 is 2.16 bits per heavy atom. The van der Waals surface area contributed by atoms with Crippen molar-refractivity contribution in [1.82, 2.24) is 5.32 Å². The summed E-state index contributed by atoms with van der Waals surface area (Å²) in [5.74, 6) is -0.385. The molecule has 1 saturated carbocycles. The maximum atomic E-state index is 13.2. The number of hydrogen-bond acceptors (Lipinski definition) is 1. The van der Waals surface area contributed by atoms with Crippen molar-refractivity contribution in [2.24, 2.45) is 5.92 Å². The molecule has 0 radical (unpaired) electrons. The molecule has 19 heavy (non-hydrogen) atoms. The molecule has 0 aromatic heterocycles. The highest BCUT2D eigenvalue weighted by Gasteiger charge is 2.33. The summed E-state index contributed by atoms with van der Waals surface area (Å²) in [5, 5.41) is 3.46. The van der Waals surface area contributed by atoms with Gasteiger partial charge in [0.05, 0.1) is 0 Å². The van der Waals surface area contributed by atoms with Crippen molar-refractivity contribution in [2.45, 2.75) is 44.7 Å². The van der Waals surface area contributed by atoms with Gasteiger partial charge in [0.25, 0.3) is 0 Å². The third-order valence-electron chi connectivity index (χ3n) is 4.00. The van der Waals surface area contributed by atoms with Crippen molar-refractivity contribution in [3.63, 3.8) is 0 Å². The lowest BCUT2D eigenvalue weighted by molar-refractivity contribution is 0.207. The van der Waals surface area contributed by atoms with E-state index < -0.39 is 11.6 Å². The zero-order valence-electron chi connectivity index (χ0n) is 11.2. The largest absolute Gasteiger partial charge is 0.306 e.